The zero-order valence-corrected chi connectivity index (χ0v) is 22.3. The van der Waals surface area contributed by atoms with Crippen LogP contribution in [0, 0.1) is 39.4 Å². The number of carboxylic acids is 1. The first-order valence-electron chi connectivity index (χ1n) is 13.5. The zero-order chi connectivity index (χ0) is 25.3. The van der Waals surface area contributed by atoms with Gasteiger partial charge < -0.3 is 10.2 Å². The van der Waals surface area contributed by atoms with Crippen molar-refractivity contribution in [2.75, 3.05) is 0 Å². The fraction of sp³-hybridized carbons (Fsp3) is 0.800. The van der Waals surface area contributed by atoms with Gasteiger partial charge >= 0.3 is 5.97 Å². The highest BCUT2D eigenvalue weighted by Crippen LogP contribution is 2.72. The third kappa shape index (κ3) is 3.49. The van der Waals surface area contributed by atoms with Gasteiger partial charge in [0.1, 0.15) is 0 Å². The molecule has 4 aliphatic rings. The SMILES string of the molecule is C=C(C)C(=O)CC[C@@H](C(=O)O)C1CC[C@@]2(C)C3=C(CC[C@]12C)[C@@]1(C)CC[C@H](O)C(C)(C)C1CC3. The van der Waals surface area contributed by atoms with E-state index in [4.69, 9.17) is 0 Å². The van der Waals surface area contributed by atoms with Gasteiger partial charge in [0.25, 0.3) is 0 Å². The number of ketones is 1. The summed E-state index contributed by atoms with van der Waals surface area (Å²) in [6, 6.07) is 0. The number of aliphatic hydroxyl groups excluding tert-OH is 1. The van der Waals surface area contributed by atoms with E-state index in [2.05, 4.69) is 41.2 Å². The Labute approximate surface area is 206 Å². The molecule has 2 N–H and O–H groups in total. The van der Waals surface area contributed by atoms with Crippen LogP contribution in [0.5, 0.6) is 0 Å². The smallest absolute Gasteiger partial charge is 0.306 e. The third-order valence-electron chi connectivity index (χ3n) is 11.8. The Kier molecular flexibility index (Phi) is 6.28. The number of fused-ring (bicyclic) bond motifs is 4. The standard InChI is InChI=1S/C30H46O4/c1-18(2)23(31)10-8-19(26(33)34)20-12-16-30(7)22-9-11-24-27(3,4)25(32)14-15-28(24,5)21(22)13-17-29(20,30)6/h19-20,24-25,32H,1,8-17H2,2-7H3,(H,33,34)/t19-,20?,24?,25+,28-,29-,30+/m1/s1. The van der Waals surface area contributed by atoms with Crippen molar-refractivity contribution < 1.29 is 19.8 Å². The lowest BCUT2D eigenvalue weighted by atomic mass is 9.43. The maximum Gasteiger partial charge on any atom is 0.306 e. The molecule has 0 amide bonds. The van der Waals surface area contributed by atoms with Crippen LogP contribution in [0.25, 0.3) is 0 Å². The molecular formula is C30H46O4. The van der Waals surface area contributed by atoms with Crippen molar-refractivity contribution in [3.63, 3.8) is 0 Å². The van der Waals surface area contributed by atoms with E-state index in [1.807, 2.05) is 0 Å². The minimum absolute atomic E-state index is 0.0147. The van der Waals surface area contributed by atoms with E-state index in [9.17, 15) is 19.8 Å². The second-order valence-corrected chi connectivity index (χ2v) is 13.4. The first kappa shape index (κ1) is 25.7. The lowest BCUT2D eigenvalue weighted by Crippen LogP contribution is -2.55. The van der Waals surface area contributed by atoms with Gasteiger partial charge in [-0.3, -0.25) is 9.59 Å². The Balaban J connectivity index is 1.68. The number of hydrogen-bond donors (Lipinski definition) is 2. The summed E-state index contributed by atoms with van der Waals surface area (Å²) in [5.74, 6) is -0.653. The number of allylic oxidation sites excluding steroid dienone is 3. The van der Waals surface area contributed by atoms with Gasteiger partial charge in [-0.1, -0.05) is 52.3 Å². The van der Waals surface area contributed by atoms with Gasteiger partial charge in [-0.25, -0.2) is 0 Å². The van der Waals surface area contributed by atoms with Gasteiger partial charge in [-0.15, -0.1) is 0 Å². The van der Waals surface area contributed by atoms with Gasteiger partial charge in [-0.2, -0.15) is 0 Å². The summed E-state index contributed by atoms with van der Waals surface area (Å²) in [4.78, 5) is 24.7. The van der Waals surface area contributed by atoms with Crippen molar-refractivity contribution in [1.29, 1.82) is 0 Å². The molecule has 2 fully saturated rings. The van der Waals surface area contributed by atoms with Gasteiger partial charge in [0.2, 0.25) is 0 Å². The van der Waals surface area contributed by atoms with Crippen LogP contribution in [0.15, 0.2) is 23.3 Å². The van der Waals surface area contributed by atoms with E-state index in [0.717, 1.165) is 51.4 Å². The van der Waals surface area contributed by atoms with Crippen LogP contribution in [0.1, 0.15) is 106 Å². The predicted octanol–water partition coefficient (Wildman–Crippen LogP) is 6.72. The topological polar surface area (TPSA) is 74.6 Å². The number of aliphatic carboxylic acids is 1. The molecule has 34 heavy (non-hydrogen) atoms. The Morgan fingerprint density at radius 2 is 1.68 bits per heavy atom. The summed E-state index contributed by atoms with van der Waals surface area (Å²) < 4.78 is 0. The molecule has 0 radical (unpaired) electrons. The van der Waals surface area contributed by atoms with Crippen LogP contribution in [-0.2, 0) is 9.59 Å². The van der Waals surface area contributed by atoms with Gasteiger partial charge in [0.15, 0.2) is 5.78 Å². The van der Waals surface area contributed by atoms with E-state index in [-0.39, 0.29) is 45.9 Å². The third-order valence-corrected chi connectivity index (χ3v) is 11.8. The lowest BCUT2D eigenvalue weighted by molar-refractivity contribution is -0.147. The average Bonchev–Trinajstić information content (AvgIpc) is 3.02. The van der Waals surface area contributed by atoms with Crippen molar-refractivity contribution in [1.82, 2.24) is 0 Å². The minimum Gasteiger partial charge on any atom is -0.481 e. The van der Waals surface area contributed by atoms with Crippen LogP contribution in [0.3, 0.4) is 0 Å². The highest BCUT2D eigenvalue weighted by atomic mass is 16.4. The fourth-order valence-corrected chi connectivity index (χ4v) is 9.36. The molecule has 0 aliphatic heterocycles. The number of rotatable bonds is 6. The van der Waals surface area contributed by atoms with E-state index in [0.29, 0.717) is 17.9 Å². The summed E-state index contributed by atoms with van der Waals surface area (Å²) in [6.07, 6.45) is 8.61. The molecule has 0 heterocycles. The largest absolute Gasteiger partial charge is 0.481 e. The molecule has 4 aliphatic carbocycles. The highest BCUT2D eigenvalue weighted by molar-refractivity contribution is 5.94. The summed E-state index contributed by atoms with van der Waals surface area (Å²) in [5, 5.41) is 21.0. The van der Waals surface area contributed by atoms with Crippen LogP contribution in [0.2, 0.25) is 0 Å². The molecule has 0 spiro atoms. The van der Waals surface area contributed by atoms with Crippen LogP contribution >= 0.6 is 0 Å². The lowest BCUT2D eigenvalue weighted by Gasteiger charge is -2.62. The van der Waals surface area contributed by atoms with Crippen LogP contribution in [0.4, 0.5) is 0 Å². The maximum atomic E-state index is 12.4. The number of carbonyl (C=O) groups is 2. The van der Waals surface area contributed by atoms with Gasteiger partial charge in [-0.05, 0) is 104 Å². The van der Waals surface area contributed by atoms with Gasteiger partial charge in [0, 0.05) is 6.42 Å². The van der Waals surface area contributed by atoms with Crippen LogP contribution < -0.4 is 0 Å². The summed E-state index contributed by atoms with van der Waals surface area (Å²) in [6.45, 7) is 17.2. The molecule has 2 saturated carbocycles. The molecular weight excluding hydrogens is 424 g/mol. The number of hydrogen-bond acceptors (Lipinski definition) is 3. The van der Waals surface area contributed by atoms with Gasteiger partial charge in [0.05, 0.1) is 12.0 Å². The molecule has 7 atom stereocenters. The zero-order valence-electron chi connectivity index (χ0n) is 22.3. The molecule has 190 valence electrons. The fourth-order valence-electron chi connectivity index (χ4n) is 9.36. The second kappa shape index (κ2) is 8.32. The highest BCUT2D eigenvalue weighted by Gasteiger charge is 2.64. The summed E-state index contributed by atoms with van der Waals surface area (Å²) in [5.41, 5.74) is 3.81. The van der Waals surface area contributed by atoms with Crippen LogP contribution in [-0.4, -0.2) is 28.1 Å². The van der Waals surface area contributed by atoms with E-state index < -0.39 is 11.9 Å². The quantitative estimate of drug-likeness (QED) is 0.334. The minimum atomic E-state index is -0.747. The van der Waals surface area contributed by atoms with E-state index in [1.165, 1.54) is 0 Å². The number of carboxylic acid groups (broad SMARTS) is 1. The molecule has 0 aromatic heterocycles. The normalized spacial score (nSPS) is 41.8. The monoisotopic (exact) mass is 470 g/mol. The molecule has 4 heteroatoms. The van der Waals surface area contributed by atoms with Crippen molar-refractivity contribution in [3.05, 3.63) is 23.3 Å². The molecule has 0 aromatic carbocycles. The Bertz CT molecular complexity index is 928. The average molecular weight is 471 g/mol. The first-order valence-corrected chi connectivity index (χ1v) is 13.5. The molecule has 4 nitrogen and oxygen atoms in total. The first-order chi connectivity index (χ1) is 15.7. The molecule has 0 aromatic rings. The Hall–Kier alpha value is -1.42. The molecule has 2 unspecified atom stereocenters. The predicted molar refractivity (Wildman–Crippen MR) is 135 cm³/mol. The Morgan fingerprint density at radius 3 is 2.29 bits per heavy atom. The second-order valence-electron chi connectivity index (χ2n) is 13.4. The van der Waals surface area contributed by atoms with Crippen molar-refractivity contribution >= 4 is 11.8 Å². The maximum absolute atomic E-state index is 12.4. The Morgan fingerprint density at radius 1 is 1.00 bits per heavy atom. The van der Waals surface area contributed by atoms with Crippen molar-refractivity contribution in [2.24, 2.45) is 39.4 Å². The number of carbonyl (C=O) groups excluding carboxylic acids is 1. The molecule has 4 rings (SSSR count). The van der Waals surface area contributed by atoms with Crippen molar-refractivity contribution in [2.45, 2.75) is 112 Å². The molecule has 0 bridgehead atoms. The van der Waals surface area contributed by atoms with E-state index in [1.54, 1.807) is 18.1 Å². The summed E-state index contributed by atoms with van der Waals surface area (Å²) in [7, 11) is 0. The number of aliphatic hydroxyl groups is 1. The number of Topliss-reactive ketones (excluding diaryl/α,β-unsaturated/α-hetero) is 1. The molecule has 0 saturated heterocycles. The summed E-state index contributed by atoms with van der Waals surface area (Å²) >= 11 is 0. The van der Waals surface area contributed by atoms with E-state index >= 15 is 0 Å². The van der Waals surface area contributed by atoms with Crippen molar-refractivity contribution in [3.8, 4) is 0 Å².